The molecular formula is C20H27N5O. The molecule has 1 aromatic carbocycles. The van der Waals surface area contributed by atoms with Gasteiger partial charge in [0.05, 0.1) is 12.2 Å². The molecule has 2 aliphatic heterocycles. The minimum absolute atomic E-state index is 0.0563. The molecule has 1 N–H and O–H groups in total. The van der Waals surface area contributed by atoms with E-state index in [2.05, 4.69) is 48.5 Å². The van der Waals surface area contributed by atoms with Crippen molar-refractivity contribution >= 4 is 11.6 Å². The third-order valence-corrected chi connectivity index (χ3v) is 5.63. The molecule has 0 aliphatic carbocycles. The number of rotatable bonds is 2. The maximum Gasteiger partial charge on any atom is 0.280 e. The van der Waals surface area contributed by atoms with Crippen LogP contribution < -0.4 is 10.2 Å². The summed E-state index contributed by atoms with van der Waals surface area (Å²) in [4.78, 5) is 15.0. The van der Waals surface area contributed by atoms with E-state index in [1.165, 1.54) is 5.56 Å². The molecule has 26 heavy (non-hydrogen) atoms. The second-order valence-electron chi connectivity index (χ2n) is 8.48. The van der Waals surface area contributed by atoms with Crippen LogP contribution in [-0.2, 0) is 0 Å². The van der Waals surface area contributed by atoms with Crippen LogP contribution in [0.15, 0.2) is 30.5 Å². The number of nitrogens with zero attached hydrogens (tertiary/aromatic N) is 4. The molecule has 0 saturated carbocycles. The van der Waals surface area contributed by atoms with E-state index in [1.807, 2.05) is 27.9 Å². The topological polar surface area (TPSA) is 63.1 Å². The molecule has 2 aliphatic rings. The molecule has 0 radical (unpaired) electrons. The zero-order valence-corrected chi connectivity index (χ0v) is 15.8. The Kier molecular flexibility index (Phi) is 4.31. The van der Waals surface area contributed by atoms with Crippen LogP contribution in [0.5, 0.6) is 0 Å². The summed E-state index contributed by atoms with van der Waals surface area (Å²) in [5.74, 6) is 0.263. The van der Waals surface area contributed by atoms with Gasteiger partial charge >= 0.3 is 0 Å². The van der Waals surface area contributed by atoms with Gasteiger partial charge in [0.2, 0.25) is 0 Å². The third kappa shape index (κ3) is 3.03. The average molecular weight is 353 g/mol. The van der Waals surface area contributed by atoms with Crippen LogP contribution in [-0.4, -0.2) is 40.5 Å². The van der Waals surface area contributed by atoms with Gasteiger partial charge in [0.1, 0.15) is 0 Å². The zero-order chi connectivity index (χ0) is 18.3. The SMILES string of the molecule is CC(C)(C)C1CN(C(=O)c2cn(C3CCCNC3)nn2)c2ccccc21. The number of fused-ring (bicyclic) bond motifs is 1. The smallest absolute Gasteiger partial charge is 0.280 e. The van der Waals surface area contributed by atoms with Crippen LogP contribution in [0.1, 0.15) is 61.6 Å². The predicted octanol–water partition coefficient (Wildman–Crippen LogP) is 2.99. The Morgan fingerprint density at radius 1 is 1.27 bits per heavy atom. The van der Waals surface area contributed by atoms with Crippen molar-refractivity contribution in [2.45, 2.75) is 45.6 Å². The number of nitrogens with one attached hydrogen (secondary N) is 1. The molecule has 1 saturated heterocycles. The van der Waals surface area contributed by atoms with Crippen molar-refractivity contribution in [1.29, 1.82) is 0 Å². The molecule has 2 aromatic rings. The molecule has 2 atom stereocenters. The monoisotopic (exact) mass is 353 g/mol. The van der Waals surface area contributed by atoms with E-state index in [9.17, 15) is 4.79 Å². The predicted molar refractivity (Wildman–Crippen MR) is 101 cm³/mol. The van der Waals surface area contributed by atoms with Crippen LogP contribution in [0.4, 0.5) is 5.69 Å². The molecule has 0 bridgehead atoms. The molecule has 1 amide bonds. The van der Waals surface area contributed by atoms with E-state index in [0.717, 1.165) is 31.6 Å². The number of benzene rings is 1. The normalized spacial score (nSPS) is 23.1. The van der Waals surface area contributed by atoms with Gasteiger partial charge in [-0.25, -0.2) is 4.68 Å². The summed E-state index contributed by atoms with van der Waals surface area (Å²) in [6.07, 6.45) is 4.01. The fourth-order valence-electron chi connectivity index (χ4n) is 4.09. The molecule has 2 unspecified atom stereocenters. The van der Waals surface area contributed by atoms with Gasteiger partial charge in [-0.05, 0) is 36.4 Å². The molecule has 3 heterocycles. The maximum absolute atomic E-state index is 13.2. The summed E-state index contributed by atoms with van der Waals surface area (Å²) in [6, 6.07) is 8.51. The number of anilines is 1. The van der Waals surface area contributed by atoms with Gasteiger partial charge < -0.3 is 10.2 Å². The second kappa shape index (κ2) is 6.50. The summed E-state index contributed by atoms with van der Waals surface area (Å²) >= 11 is 0. The number of amides is 1. The van der Waals surface area contributed by atoms with E-state index < -0.39 is 0 Å². The molecular weight excluding hydrogens is 326 g/mol. The summed E-state index contributed by atoms with van der Waals surface area (Å²) in [5, 5.41) is 11.8. The van der Waals surface area contributed by atoms with Gasteiger partial charge in [-0.1, -0.05) is 44.2 Å². The summed E-state index contributed by atoms with van der Waals surface area (Å²) < 4.78 is 1.85. The van der Waals surface area contributed by atoms with E-state index >= 15 is 0 Å². The van der Waals surface area contributed by atoms with Gasteiger partial charge in [0.25, 0.3) is 5.91 Å². The third-order valence-electron chi connectivity index (χ3n) is 5.63. The van der Waals surface area contributed by atoms with Gasteiger partial charge in [-0.15, -0.1) is 5.10 Å². The van der Waals surface area contributed by atoms with Crippen molar-refractivity contribution in [2.24, 2.45) is 5.41 Å². The first-order chi connectivity index (χ1) is 12.4. The minimum atomic E-state index is -0.0563. The van der Waals surface area contributed by atoms with Gasteiger partial charge in [0.15, 0.2) is 5.69 Å². The van der Waals surface area contributed by atoms with Crippen LogP contribution in [0.25, 0.3) is 0 Å². The lowest BCUT2D eigenvalue weighted by Gasteiger charge is -2.27. The number of carbonyl (C=O) groups excluding carboxylic acids is 1. The highest BCUT2D eigenvalue weighted by atomic mass is 16.2. The zero-order valence-electron chi connectivity index (χ0n) is 15.8. The summed E-state index contributed by atoms with van der Waals surface area (Å²) in [5.41, 5.74) is 2.78. The highest BCUT2D eigenvalue weighted by molar-refractivity contribution is 6.06. The highest BCUT2D eigenvalue weighted by Crippen LogP contribution is 2.45. The Bertz CT molecular complexity index is 801. The van der Waals surface area contributed by atoms with Crippen LogP contribution >= 0.6 is 0 Å². The number of hydrogen-bond acceptors (Lipinski definition) is 4. The standard InChI is InChI=1S/C20H27N5O/c1-20(2,3)16-12-24(18-9-5-4-8-15(16)18)19(26)17-13-25(23-22-17)14-7-6-10-21-11-14/h4-5,8-9,13-14,16,21H,6-7,10-12H2,1-3H3. The largest absolute Gasteiger partial charge is 0.315 e. The van der Waals surface area contributed by atoms with Crippen molar-refractivity contribution in [3.8, 4) is 0 Å². The van der Waals surface area contributed by atoms with Gasteiger partial charge in [0, 0.05) is 24.7 Å². The van der Waals surface area contributed by atoms with Crippen LogP contribution in [0.3, 0.4) is 0 Å². The molecule has 1 aromatic heterocycles. The average Bonchev–Trinajstić information content (AvgIpc) is 3.27. The molecule has 0 spiro atoms. The Labute approximate surface area is 154 Å². The lowest BCUT2D eigenvalue weighted by Crippen LogP contribution is -2.33. The Hall–Kier alpha value is -2.21. The van der Waals surface area contributed by atoms with Crippen molar-refractivity contribution in [2.75, 3.05) is 24.5 Å². The van der Waals surface area contributed by atoms with Crippen molar-refractivity contribution in [3.63, 3.8) is 0 Å². The van der Waals surface area contributed by atoms with E-state index in [-0.39, 0.29) is 17.4 Å². The molecule has 138 valence electrons. The first-order valence-corrected chi connectivity index (χ1v) is 9.48. The summed E-state index contributed by atoms with van der Waals surface area (Å²) in [6.45, 7) is 9.32. The van der Waals surface area contributed by atoms with E-state index in [1.54, 1.807) is 0 Å². The number of piperidine rings is 1. The summed E-state index contributed by atoms with van der Waals surface area (Å²) in [7, 11) is 0. The Balaban J connectivity index is 1.60. The minimum Gasteiger partial charge on any atom is -0.315 e. The van der Waals surface area contributed by atoms with Crippen molar-refractivity contribution in [1.82, 2.24) is 20.3 Å². The van der Waals surface area contributed by atoms with Crippen LogP contribution in [0, 0.1) is 5.41 Å². The van der Waals surface area contributed by atoms with E-state index in [0.29, 0.717) is 18.2 Å². The molecule has 6 nitrogen and oxygen atoms in total. The number of hydrogen-bond donors (Lipinski definition) is 1. The highest BCUT2D eigenvalue weighted by Gasteiger charge is 2.39. The quantitative estimate of drug-likeness (QED) is 0.901. The van der Waals surface area contributed by atoms with Gasteiger partial charge in [-0.2, -0.15) is 0 Å². The second-order valence-corrected chi connectivity index (χ2v) is 8.48. The van der Waals surface area contributed by atoms with E-state index in [4.69, 9.17) is 0 Å². The van der Waals surface area contributed by atoms with Crippen molar-refractivity contribution in [3.05, 3.63) is 41.7 Å². The van der Waals surface area contributed by atoms with Crippen LogP contribution in [0.2, 0.25) is 0 Å². The number of carbonyl (C=O) groups is 1. The Morgan fingerprint density at radius 2 is 2.08 bits per heavy atom. The lowest BCUT2D eigenvalue weighted by molar-refractivity contribution is 0.0981. The first-order valence-electron chi connectivity index (χ1n) is 9.48. The molecule has 6 heteroatoms. The molecule has 1 fully saturated rings. The Morgan fingerprint density at radius 3 is 2.81 bits per heavy atom. The van der Waals surface area contributed by atoms with Gasteiger partial charge in [-0.3, -0.25) is 4.79 Å². The fraction of sp³-hybridized carbons (Fsp3) is 0.550. The van der Waals surface area contributed by atoms with Crippen molar-refractivity contribution < 1.29 is 4.79 Å². The fourth-order valence-corrected chi connectivity index (χ4v) is 4.09. The lowest BCUT2D eigenvalue weighted by atomic mass is 9.78. The number of aromatic nitrogens is 3. The number of para-hydroxylation sites is 1. The molecule has 4 rings (SSSR count). The maximum atomic E-state index is 13.2. The first kappa shape index (κ1) is 17.2.